The van der Waals surface area contributed by atoms with E-state index in [1.54, 1.807) is 31.3 Å². The second-order valence-electron chi connectivity index (χ2n) is 5.53. The van der Waals surface area contributed by atoms with Crippen molar-refractivity contribution in [3.63, 3.8) is 0 Å². The van der Waals surface area contributed by atoms with Gasteiger partial charge in [0.2, 0.25) is 5.91 Å². The van der Waals surface area contributed by atoms with E-state index in [2.05, 4.69) is 25.9 Å². The van der Waals surface area contributed by atoms with Gasteiger partial charge in [-0.1, -0.05) is 6.07 Å². The van der Waals surface area contributed by atoms with Crippen molar-refractivity contribution in [3.8, 4) is 5.75 Å². The molecule has 1 amide bonds. The van der Waals surface area contributed by atoms with Crippen molar-refractivity contribution < 1.29 is 22.7 Å². The number of carbonyl (C=O) groups is 1. The molecule has 1 aromatic carbocycles. The Balaban J connectivity index is 1.74. The third-order valence-electron chi connectivity index (χ3n) is 3.29. The van der Waals surface area contributed by atoms with Crippen molar-refractivity contribution in [3.05, 3.63) is 40.3 Å². The summed E-state index contributed by atoms with van der Waals surface area (Å²) in [6.07, 6.45) is -4.44. The van der Waals surface area contributed by atoms with Crippen molar-refractivity contribution in [2.75, 3.05) is 25.5 Å². The normalized spacial score (nSPS) is 11.8. The summed E-state index contributed by atoms with van der Waals surface area (Å²) in [5.74, 6) is 0.842. The van der Waals surface area contributed by atoms with Crippen molar-refractivity contribution in [2.45, 2.75) is 19.6 Å². The highest BCUT2D eigenvalue weighted by Gasteiger charge is 2.33. The number of aromatic nitrogens is 1. The quantitative estimate of drug-likeness (QED) is 0.368. The summed E-state index contributed by atoms with van der Waals surface area (Å²) in [7, 11) is 1.55. The van der Waals surface area contributed by atoms with Crippen LogP contribution >= 0.6 is 11.3 Å². The summed E-state index contributed by atoms with van der Waals surface area (Å²) < 4.78 is 43.3. The zero-order valence-electron chi connectivity index (χ0n) is 15.3. The lowest BCUT2D eigenvalue weighted by molar-refractivity contribution is -0.140. The number of benzene rings is 1. The van der Waals surface area contributed by atoms with E-state index in [1.165, 1.54) is 6.92 Å². The number of nitrogens with one attached hydrogen (secondary N) is 3. The maximum atomic E-state index is 12.6. The number of ether oxygens (including phenoxy) is 1. The zero-order chi connectivity index (χ0) is 20.6. The molecule has 0 bridgehead atoms. The van der Waals surface area contributed by atoms with Crippen molar-refractivity contribution in [2.24, 2.45) is 4.99 Å². The van der Waals surface area contributed by atoms with Crippen LogP contribution in [0.2, 0.25) is 0 Å². The molecule has 2 aromatic rings. The molecule has 0 atom stereocenters. The van der Waals surface area contributed by atoms with Gasteiger partial charge in [-0.15, -0.1) is 11.3 Å². The monoisotopic (exact) mass is 415 g/mol. The number of halogens is 3. The lowest BCUT2D eigenvalue weighted by Gasteiger charge is -2.12. The molecule has 0 aliphatic carbocycles. The summed E-state index contributed by atoms with van der Waals surface area (Å²) in [6, 6.07) is 6.98. The van der Waals surface area contributed by atoms with Gasteiger partial charge in [-0.05, 0) is 12.1 Å². The molecule has 1 aromatic heterocycles. The molecule has 3 N–H and O–H groups in total. The number of nitrogens with zero attached hydrogens (tertiary/aromatic N) is 2. The number of anilines is 1. The zero-order valence-corrected chi connectivity index (χ0v) is 16.1. The molecule has 0 aliphatic rings. The number of amides is 1. The summed E-state index contributed by atoms with van der Waals surface area (Å²) in [5, 5.41) is 9.85. The molecule has 1 heterocycles. The van der Waals surface area contributed by atoms with Crippen LogP contribution in [-0.4, -0.2) is 37.1 Å². The third-order valence-corrected chi connectivity index (χ3v) is 4.14. The van der Waals surface area contributed by atoms with Gasteiger partial charge in [-0.3, -0.25) is 9.79 Å². The van der Waals surface area contributed by atoms with E-state index in [4.69, 9.17) is 4.74 Å². The smallest absolute Gasteiger partial charge is 0.434 e. The van der Waals surface area contributed by atoms with E-state index in [0.717, 1.165) is 16.7 Å². The fourth-order valence-electron chi connectivity index (χ4n) is 2.11. The number of carbonyl (C=O) groups excluding carboxylic acids is 1. The first kappa shape index (κ1) is 21.5. The minimum absolute atomic E-state index is 0.125. The van der Waals surface area contributed by atoms with Gasteiger partial charge in [0.25, 0.3) is 0 Å². The molecule has 7 nitrogen and oxygen atoms in total. The predicted octanol–water partition coefficient (Wildman–Crippen LogP) is 2.86. The van der Waals surface area contributed by atoms with E-state index < -0.39 is 11.9 Å². The topological polar surface area (TPSA) is 87.6 Å². The highest BCUT2D eigenvalue weighted by atomic mass is 32.1. The van der Waals surface area contributed by atoms with Gasteiger partial charge >= 0.3 is 6.18 Å². The van der Waals surface area contributed by atoms with Gasteiger partial charge in [0, 0.05) is 31.1 Å². The SMILES string of the molecule is CN=C(NCCOc1cccc(NC(C)=O)c1)NCc1nc(C(F)(F)F)cs1. The first-order valence-corrected chi connectivity index (χ1v) is 9.12. The predicted molar refractivity (Wildman–Crippen MR) is 102 cm³/mol. The standard InChI is InChI=1S/C17H20F3N5O2S/c1-11(26)24-12-4-3-5-13(8-12)27-7-6-22-16(21-2)23-9-15-25-14(10-28-15)17(18,19)20/h3-5,8,10H,6-7,9H2,1-2H3,(H,24,26)(H2,21,22,23). The highest BCUT2D eigenvalue weighted by Crippen LogP contribution is 2.29. The summed E-state index contributed by atoms with van der Waals surface area (Å²) in [4.78, 5) is 18.6. The van der Waals surface area contributed by atoms with Crippen LogP contribution in [0.25, 0.3) is 0 Å². The molecule has 2 rings (SSSR count). The van der Waals surface area contributed by atoms with Crippen LogP contribution in [0.3, 0.4) is 0 Å². The van der Waals surface area contributed by atoms with Crippen molar-refractivity contribution in [1.29, 1.82) is 0 Å². The fraction of sp³-hybridized carbons (Fsp3) is 0.353. The molecule has 152 valence electrons. The number of hydrogen-bond acceptors (Lipinski definition) is 5. The number of guanidine groups is 1. The fourth-order valence-corrected chi connectivity index (χ4v) is 2.85. The van der Waals surface area contributed by atoms with Gasteiger partial charge in [-0.2, -0.15) is 13.2 Å². The molecule has 0 spiro atoms. The molecule has 0 radical (unpaired) electrons. The second-order valence-corrected chi connectivity index (χ2v) is 6.48. The number of aliphatic imine (C=N–C) groups is 1. The largest absolute Gasteiger partial charge is 0.492 e. The van der Waals surface area contributed by atoms with Gasteiger partial charge < -0.3 is 20.7 Å². The van der Waals surface area contributed by atoms with E-state index in [1.807, 2.05) is 0 Å². The Morgan fingerprint density at radius 2 is 2.11 bits per heavy atom. The number of hydrogen-bond donors (Lipinski definition) is 3. The van der Waals surface area contributed by atoms with Crippen LogP contribution in [0.1, 0.15) is 17.6 Å². The van der Waals surface area contributed by atoms with Crippen LogP contribution in [0.5, 0.6) is 5.75 Å². The minimum atomic E-state index is -4.44. The molecular formula is C17H20F3N5O2S. The van der Waals surface area contributed by atoms with Gasteiger partial charge in [0.1, 0.15) is 17.4 Å². The molecule has 0 unspecified atom stereocenters. The average molecular weight is 415 g/mol. The lowest BCUT2D eigenvalue weighted by Crippen LogP contribution is -2.38. The maximum Gasteiger partial charge on any atom is 0.434 e. The first-order chi connectivity index (χ1) is 13.3. The van der Waals surface area contributed by atoms with Crippen molar-refractivity contribution in [1.82, 2.24) is 15.6 Å². The van der Waals surface area contributed by atoms with E-state index in [9.17, 15) is 18.0 Å². The van der Waals surface area contributed by atoms with Crippen LogP contribution in [0.15, 0.2) is 34.6 Å². The van der Waals surface area contributed by atoms with Gasteiger partial charge in [-0.25, -0.2) is 4.98 Å². The van der Waals surface area contributed by atoms with Gasteiger partial charge in [0.05, 0.1) is 13.1 Å². The maximum absolute atomic E-state index is 12.6. The Hall–Kier alpha value is -2.82. The molecular weight excluding hydrogens is 395 g/mol. The van der Waals surface area contributed by atoms with Crippen LogP contribution in [0.4, 0.5) is 18.9 Å². The number of thiazole rings is 1. The number of alkyl halides is 3. The van der Waals surface area contributed by atoms with Crippen molar-refractivity contribution >= 4 is 28.9 Å². The Kier molecular flexibility index (Phi) is 7.61. The Bertz CT molecular complexity index is 823. The minimum Gasteiger partial charge on any atom is -0.492 e. The van der Waals surface area contributed by atoms with Gasteiger partial charge in [0.15, 0.2) is 11.7 Å². The average Bonchev–Trinajstić information content (AvgIpc) is 3.10. The lowest BCUT2D eigenvalue weighted by atomic mass is 10.3. The molecule has 0 fully saturated rings. The third kappa shape index (κ3) is 7.06. The Morgan fingerprint density at radius 3 is 2.75 bits per heavy atom. The van der Waals surface area contributed by atoms with E-state index in [-0.39, 0.29) is 12.5 Å². The summed E-state index contributed by atoms with van der Waals surface area (Å²) >= 11 is 0.929. The van der Waals surface area contributed by atoms with E-state index in [0.29, 0.717) is 35.6 Å². The van der Waals surface area contributed by atoms with Crippen LogP contribution in [0, 0.1) is 0 Å². The molecule has 28 heavy (non-hydrogen) atoms. The molecule has 0 aliphatic heterocycles. The molecule has 0 saturated heterocycles. The summed E-state index contributed by atoms with van der Waals surface area (Å²) in [5.41, 5.74) is -0.260. The highest BCUT2D eigenvalue weighted by molar-refractivity contribution is 7.09. The second kappa shape index (κ2) is 9.93. The number of rotatable bonds is 7. The molecule has 11 heteroatoms. The summed E-state index contributed by atoms with van der Waals surface area (Å²) in [6.45, 7) is 2.28. The van der Waals surface area contributed by atoms with Crippen LogP contribution in [-0.2, 0) is 17.5 Å². The van der Waals surface area contributed by atoms with E-state index >= 15 is 0 Å². The van der Waals surface area contributed by atoms with Crippen LogP contribution < -0.4 is 20.7 Å². The molecule has 0 saturated carbocycles. The Morgan fingerprint density at radius 1 is 1.32 bits per heavy atom. The Labute approximate surface area is 164 Å². The first-order valence-electron chi connectivity index (χ1n) is 8.24.